The van der Waals surface area contributed by atoms with Gasteiger partial charge in [0.2, 0.25) is 0 Å². The number of benzene rings is 2. The first kappa shape index (κ1) is 20.0. The molecule has 0 atom stereocenters. The van der Waals surface area contributed by atoms with E-state index in [2.05, 4.69) is 5.10 Å². The Morgan fingerprint density at radius 1 is 1.04 bits per heavy atom. The molecule has 6 heteroatoms. The first-order valence-corrected chi connectivity index (χ1v) is 9.48. The van der Waals surface area contributed by atoms with Crippen molar-refractivity contribution >= 4 is 17.6 Å². The van der Waals surface area contributed by atoms with Crippen molar-refractivity contribution in [3.8, 4) is 5.75 Å². The summed E-state index contributed by atoms with van der Waals surface area (Å²) in [4.78, 5) is 12.5. The predicted molar refractivity (Wildman–Crippen MR) is 109 cm³/mol. The fourth-order valence-corrected chi connectivity index (χ4v) is 3.21. The molecule has 28 heavy (non-hydrogen) atoms. The van der Waals surface area contributed by atoms with Gasteiger partial charge in [-0.05, 0) is 44.0 Å². The van der Waals surface area contributed by atoms with Crippen molar-refractivity contribution in [3.63, 3.8) is 0 Å². The summed E-state index contributed by atoms with van der Waals surface area (Å²) >= 11 is 6.24. The highest BCUT2D eigenvalue weighted by molar-refractivity contribution is 6.31. The number of halogens is 1. The van der Waals surface area contributed by atoms with Crippen molar-refractivity contribution < 1.29 is 14.3 Å². The molecule has 0 spiro atoms. The van der Waals surface area contributed by atoms with Crippen molar-refractivity contribution in [2.24, 2.45) is 0 Å². The highest BCUT2D eigenvalue weighted by Gasteiger charge is 2.20. The summed E-state index contributed by atoms with van der Waals surface area (Å²) < 4.78 is 12.8. The van der Waals surface area contributed by atoms with Gasteiger partial charge in [-0.1, -0.05) is 48.0 Å². The third-order valence-electron chi connectivity index (χ3n) is 4.53. The third kappa shape index (κ3) is 4.54. The molecule has 2 aromatic carbocycles. The van der Waals surface area contributed by atoms with Crippen LogP contribution in [-0.4, -0.2) is 29.0 Å². The van der Waals surface area contributed by atoms with E-state index in [9.17, 15) is 4.79 Å². The number of aromatic nitrogens is 2. The normalized spacial score (nSPS) is 10.7. The topological polar surface area (TPSA) is 53.4 Å². The summed E-state index contributed by atoms with van der Waals surface area (Å²) in [5, 5.41) is 5.15. The summed E-state index contributed by atoms with van der Waals surface area (Å²) in [6, 6.07) is 15.3. The Bertz CT molecular complexity index is 982. The lowest BCUT2D eigenvalue weighted by molar-refractivity contribution is 0.0448. The van der Waals surface area contributed by atoms with Crippen LogP contribution in [0.3, 0.4) is 0 Å². The fraction of sp³-hybridized carbons (Fsp3) is 0.273. The van der Waals surface area contributed by atoms with Crippen LogP contribution < -0.4 is 4.74 Å². The van der Waals surface area contributed by atoms with Gasteiger partial charge >= 0.3 is 5.97 Å². The number of hydrogen-bond donors (Lipinski definition) is 0. The molecule has 1 aromatic heterocycles. The maximum atomic E-state index is 12.5. The molecular weight excluding hydrogens is 376 g/mol. The van der Waals surface area contributed by atoms with Gasteiger partial charge in [-0.25, -0.2) is 4.79 Å². The van der Waals surface area contributed by atoms with Crippen molar-refractivity contribution in [2.45, 2.75) is 27.3 Å². The molecule has 3 rings (SSSR count). The second-order valence-corrected chi connectivity index (χ2v) is 6.95. The number of carbonyl (C=O) groups excluding carboxylic acids is 1. The van der Waals surface area contributed by atoms with E-state index >= 15 is 0 Å². The van der Waals surface area contributed by atoms with Crippen LogP contribution in [0, 0.1) is 20.8 Å². The molecule has 0 saturated heterocycles. The molecule has 0 bridgehead atoms. The summed E-state index contributed by atoms with van der Waals surface area (Å²) in [6.45, 7) is 6.59. The number of hydrogen-bond acceptors (Lipinski definition) is 4. The molecule has 1 heterocycles. The average Bonchev–Trinajstić information content (AvgIpc) is 2.95. The minimum atomic E-state index is -0.395. The van der Waals surface area contributed by atoms with Crippen LogP contribution in [0.25, 0.3) is 0 Å². The van der Waals surface area contributed by atoms with E-state index in [1.54, 1.807) is 11.6 Å². The number of ether oxygens (including phenoxy) is 2. The lowest BCUT2D eigenvalue weighted by Gasteiger charge is -2.10. The molecule has 0 fully saturated rings. The minimum absolute atomic E-state index is 0.168. The van der Waals surface area contributed by atoms with Gasteiger partial charge in [-0.3, -0.25) is 4.68 Å². The molecule has 5 nitrogen and oxygen atoms in total. The monoisotopic (exact) mass is 398 g/mol. The Labute approximate surface area is 169 Å². The van der Waals surface area contributed by atoms with Crippen LogP contribution >= 0.6 is 11.6 Å². The van der Waals surface area contributed by atoms with E-state index in [1.165, 1.54) is 0 Å². The van der Waals surface area contributed by atoms with Crippen LogP contribution in [0.2, 0.25) is 5.02 Å². The molecule has 0 amide bonds. The highest BCUT2D eigenvalue weighted by Crippen LogP contribution is 2.20. The van der Waals surface area contributed by atoms with E-state index in [0.29, 0.717) is 29.4 Å². The first-order valence-electron chi connectivity index (χ1n) is 9.10. The fourth-order valence-electron chi connectivity index (χ4n) is 3.01. The van der Waals surface area contributed by atoms with E-state index in [1.807, 2.05) is 62.4 Å². The van der Waals surface area contributed by atoms with Crippen LogP contribution in [-0.2, 0) is 11.3 Å². The van der Waals surface area contributed by atoms with E-state index in [4.69, 9.17) is 21.1 Å². The smallest absolute Gasteiger partial charge is 0.342 e. The quantitative estimate of drug-likeness (QED) is 0.426. The van der Waals surface area contributed by atoms with Gasteiger partial charge < -0.3 is 9.47 Å². The van der Waals surface area contributed by atoms with Crippen LogP contribution in [0.5, 0.6) is 5.75 Å². The van der Waals surface area contributed by atoms with Gasteiger partial charge in [0.15, 0.2) is 0 Å². The zero-order valence-corrected chi connectivity index (χ0v) is 17.0. The average molecular weight is 399 g/mol. The molecule has 0 radical (unpaired) electrons. The number of nitrogens with zero attached hydrogens (tertiary/aromatic N) is 2. The lowest BCUT2D eigenvalue weighted by Crippen LogP contribution is -2.14. The molecule has 0 aliphatic heterocycles. The third-order valence-corrected chi connectivity index (χ3v) is 4.90. The van der Waals surface area contributed by atoms with E-state index in [-0.39, 0.29) is 6.61 Å². The Balaban J connectivity index is 1.61. The molecule has 0 saturated carbocycles. The van der Waals surface area contributed by atoms with Crippen LogP contribution in [0.15, 0.2) is 48.5 Å². The second-order valence-electron chi connectivity index (χ2n) is 6.54. The van der Waals surface area contributed by atoms with Gasteiger partial charge in [0.05, 0.1) is 17.9 Å². The molecular formula is C22H23ClN2O3. The summed E-state index contributed by atoms with van der Waals surface area (Å²) in [6.07, 6.45) is 0. The van der Waals surface area contributed by atoms with Crippen LogP contribution in [0.1, 0.15) is 32.9 Å². The second kappa shape index (κ2) is 8.93. The van der Waals surface area contributed by atoms with E-state index in [0.717, 1.165) is 22.6 Å². The number of para-hydroxylation sites is 1. The maximum absolute atomic E-state index is 12.5. The maximum Gasteiger partial charge on any atom is 0.342 e. The predicted octanol–water partition coefficient (Wildman–Crippen LogP) is 4.75. The van der Waals surface area contributed by atoms with Gasteiger partial charge in [0, 0.05) is 5.02 Å². The zero-order chi connectivity index (χ0) is 20.1. The molecule has 0 N–H and O–H groups in total. The van der Waals surface area contributed by atoms with E-state index < -0.39 is 5.97 Å². The van der Waals surface area contributed by atoms with Gasteiger partial charge in [-0.15, -0.1) is 0 Å². The standard InChI is InChI=1S/C22H23ClN2O3/c1-15-8-4-7-11-20(15)27-12-13-28-22(26)21-16(2)24-25(17(21)3)14-18-9-5-6-10-19(18)23/h4-11H,12-14H2,1-3H3. The number of aryl methyl sites for hydroxylation is 2. The molecule has 3 aromatic rings. The van der Waals surface area contributed by atoms with Gasteiger partial charge in [0.25, 0.3) is 0 Å². The lowest BCUT2D eigenvalue weighted by atomic mass is 10.2. The molecule has 146 valence electrons. The Morgan fingerprint density at radius 3 is 2.50 bits per heavy atom. The molecule has 0 unspecified atom stereocenters. The Hall–Kier alpha value is -2.79. The van der Waals surface area contributed by atoms with Crippen LogP contribution in [0.4, 0.5) is 0 Å². The summed E-state index contributed by atoms with van der Waals surface area (Å²) in [7, 11) is 0. The number of esters is 1. The SMILES string of the molecule is Cc1ccccc1OCCOC(=O)c1c(C)nn(Cc2ccccc2Cl)c1C. The number of rotatable bonds is 7. The van der Waals surface area contributed by atoms with Gasteiger partial charge in [0.1, 0.15) is 24.5 Å². The summed E-state index contributed by atoms with van der Waals surface area (Å²) in [5.41, 5.74) is 3.86. The van der Waals surface area contributed by atoms with Crippen molar-refractivity contribution in [1.82, 2.24) is 9.78 Å². The Morgan fingerprint density at radius 2 is 1.75 bits per heavy atom. The summed E-state index contributed by atoms with van der Waals surface area (Å²) in [5.74, 6) is 0.396. The largest absolute Gasteiger partial charge is 0.490 e. The minimum Gasteiger partial charge on any atom is -0.490 e. The Kier molecular flexibility index (Phi) is 6.37. The van der Waals surface area contributed by atoms with Crippen molar-refractivity contribution in [1.29, 1.82) is 0 Å². The van der Waals surface area contributed by atoms with Gasteiger partial charge in [-0.2, -0.15) is 5.10 Å². The van der Waals surface area contributed by atoms with Crippen molar-refractivity contribution in [3.05, 3.63) is 81.6 Å². The molecule has 0 aliphatic carbocycles. The van der Waals surface area contributed by atoms with Crippen molar-refractivity contribution in [2.75, 3.05) is 13.2 Å². The zero-order valence-electron chi connectivity index (χ0n) is 16.2. The first-order chi connectivity index (χ1) is 13.5. The highest BCUT2D eigenvalue weighted by atomic mass is 35.5. The molecule has 0 aliphatic rings. The number of carbonyl (C=O) groups is 1.